The van der Waals surface area contributed by atoms with Gasteiger partial charge in [-0.05, 0) is 74.4 Å². The molecule has 0 aromatic carbocycles. The summed E-state index contributed by atoms with van der Waals surface area (Å²) in [6, 6.07) is 3.25. The second-order valence-corrected chi connectivity index (χ2v) is 9.84. The lowest BCUT2D eigenvalue weighted by atomic mass is 10.2. The largest absolute Gasteiger partial charge is 0.519 e. The van der Waals surface area contributed by atoms with Crippen molar-refractivity contribution < 1.29 is 33.3 Å². The average Bonchev–Trinajstić information content (AvgIpc) is 2.49. The molecule has 0 unspecified atom stereocenters. The summed E-state index contributed by atoms with van der Waals surface area (Å²) in [5, 5.41) is 0.528. The lowest BCUT2D eigenvalue weighted by Gasteiger charge is -2.24. The van der Waals surface area contributed by atoms with Crippen molar-refractivity contribution in [3.63, 3.8) is 0 Å². The second-order valence-electron chi connectivity index (χ2n) is 9.40. The predicted octanol–water partition coefficient (Wildman–Crippen LogP) is 5.98. The van der Waals surface area contributed by atoms with Gasteiger partial charge in [-0.2, -0.15) is 0 Å². The Labute approximate surface area is 188 Å². The van der Waals surface area contributed by atoms with Crippen LogP contribution in [0.2, 0.25) is 5.02 Å². The van der Waals surface area contributed by atoms with Crippen molar-refractivity contribution in [2.45, 2.75) is 79.1 Å². The average molecular weight is 461 g/mol. The van der Waals surface area contributed by atoms with Crippen LogP contribution in [0.15, 0.2) is 18.3 Å². The van der Waals surface area contributed by atoms with Crippen LogP contribution in [0.1, 0.15) is 62.3 Å². The van der Waals surface area contributed by atoms with Gasteiger partial charge >= 0.3 is 18.4 Å². The second kappa shape index (κ2) is 11.2. The number of halogens is 1. The van der Waals surface area contributed by atoms with Crippen LogP contribution in [0.5, 0.6) is 0 Å². The van der Waals surface area contributed by atoms with Crippen molar-refractivity contribution in [1.82, 2.24) is 4.98 Å². The van der Waals surface area contributed by atoms with Crippen molar-refractivity contribution in [2.24, 2.45) is 0 Å². The van der Waals surface area contributed by atoms with E-state index < -0.39 is 35.2 Å². The number of amides is 1. The maximum Gasteiger partial charge on any atom is 0.519 e. The zero-order valence-corrected chi connectivity index (χ0v) is 20.6. The highest BCUT2D eigenvalue weighted by molar-refractivity contribution is 6.30. The van der Waals surface area contributed by atoms with E-state index >= 15 is 0 Å². The predicted molar refractivity (Wildman–Crippen MR) is 117 cm³/mol. The summed E-state index contributed by atoms with van der Waals surface area (Å²) in [6.07, 6.45) is -1.03. The van der Waals surface area contributed by atoms with Gasteiger partial charge in [-0.25, -0.2) is 19.4 Å². The minimum absolute atomic E-state index is 0.456. The van der Waals surface area contributed by atoms with Gasteiger partial charge < -0.3 is 18.9 Å². The minimum atomic E-state index is -1.06. The van der Waals surface area contributed by atoms with Gasteiger partial charge in [0.05, 0.1) is 0 Å². The van der Waals surface area contributed by atoms with Crippen molar-refractivity contribution in [3.8, 4) is 0 Å². The van der Waals surface area contributed by atoms with Gasteiger partial charge in [0.1, 0.15) is 22.6 Å². The topological polar surface area (TPSA) is 104 Å². The van der Waals surface area contributed by atoms with Gasteiger partial charge in [0, 0.05) is 18.3 Å². The molecular weight excluding hydrogens is 428 g/mol. The first-order chi connectivity index (χ1) is 13.8. The quantitative estimate of drug-likeness (QED) is 0.286. The number of hydrogen-bond donors (Lipinski definition) is 0. The molecule has 0 spiro atoms. The first-order valence-corrected chi connectivity index (χ1v) is 9.89. The van der Waals surface area contributed by atoms with E-state index in [1.165, 1.54) is 4.90 Å². The molecule has 1 aromatic rings. The van der Waals surface area contributed by atoms with E-state index in [9.17, 15) is 14.4 Å². The van der Waals surface area contributed by atoms with Crippen molar-refractivity contribution in [2.75, 3.05) is 11.9 Å². The van der Waals surface area contributed by atoms with Crippen molar-refractivity contribution in [3.05, 3.63) is 23.4 Å². The van der Waals surface area contributed by atoms with Crippen LogP contribution >= 0.6 is 11.6 Å². The van der Waals surface area contributed by atoms with E-state index in [-0.39, 0.29) is 0 Å². The summed E-state index contributed by atoms with van der Waals surface area (Å²) in [5.74, 6) is 0.460. The van der Waals surface area contributed by atoms with Crippen molar-refractivity contribution in [1.29, 1.82) is 0 Å². The zero-order valence-electron chi connectivity index (χ0n) is 19.9. The highest BCUT2D eigenvalue weighted by Gasteiger charge is 2.24. The van der Waals surface area contributed by atoms with Gasteiger partial charge in [-0.15, -0.1) is 0 Å². The standard InChI is InChI=1S/C11H15ClN2O2.C10H18O5/c1-11(2,3)16-10(15)14(4)9-7-8(12)5-6-13-9;1-9(2,3)14-7(11)13-8(12)15-10(4,5)6/h5-7H,1-4H3;1-6H3. The Morgan fingerprint density at radius 2 is 1.26 bits per heavy atom. The normalized spacial score (nSPS) is 11.5. The van der Waals surface area contributed by atoms with Crippen LogP contribution in [-0.4, -0.2) is 47.2 Å². The van der Waals surface area contributed by atoms with Gasteiger partial charge in [0.25, 0.3) is 0 Å². The molecule has 0 aliphatic heterocycles. The molecule has 1 aromatic heterocycles. The number of hydrogen-bond acceptors (Lipinski definition) is 8. The molecule has 10 heteroatoms. The molecule has 0 fully saturated rings. The Kier molecular flexibility index (Phi) is 10.3. The Morgan fingerprint density at radius 3 is 1.61 bits per heavy atom. The third kappa shape index (κ3) is 15.0. The van der Waals surface area contributed by atoms with Crippen LogP contribution in [0.4, 0.5) is 20.2 Å². The number of nitrogens with zero attached hydrogens (tertiary/aromatic N) is 2. The molecule has 31 heavy (non-hydrogen) atoms. The lowest BCUT2D eigenvalue weighted by Crippen LogP contribution is -2.34. The maximum atomic E-state index is 11.7. The number of ether oxygens (including phenoxy) is 4. The third-order valence-electron chi connectivity index (χ3n) is 2.66. The van der Waals surface area contributed by atoms with Gasteiger partial charge in [0.2, 0.25) is 0 Å². The molecule has 0 aliphatic carbocycles. The molecule has 0 radical (unpaired) electrons. The fraction of sp³-hybridized carbons (Fsp3) is 0.619. The zero-order chi connectivity index (χ0) is 24.6. The number of carbonyl (C=O) groups is 3. The molecule has 1 amide bonds. The Balaban J connectivity index is 0.000000582. The molecule has 0 saturated carbocycles. The monoisotopic (exact) mass is 460 g/mol. The molecule has 0 saturated heterocycles. The highest BCUT2D eigenvalue weighted by Crippen LogP contribution is 2.18. The van der Waals surface area contributed by atoms with Crippen LogP contribution in [0.25, 0.3) is 0 Å². The number of rotatable bonds is 1. The smallest absolute Gasteiger partial charge is 0.443 e. The van der Waals surface area contributed by atoms with Gasteiger partial charge in [-0.3, -0.25) is 4.90 Å². The molecule has 0 bridgehead atoms. The summed E-state index contributed by atoms with van der Waals surface area (Å²) in [5.41, 5.74) is -1.91. The third-order valence-corrected chi connectivity index (χ3v) is 2.90. The minimum Gasteiger partial charge on any atom is -0.443 e. The molecule has 1 heterocycles. The van der Waals surface area contributed by atoms with E-state index in [1.807, 2.05) is 20.8 Å². The van der Waals surface area contributed by atoms with Gasteiger partial charge in [-0.1, -0.05) is 11.6 Å². The van der Waals surface area contributed by atoms with Crippen LogP contribution in [0, 0.1) is 0 Å². The summed E-state index contributed by atoms with van der Waals surface area (Å²) >= 11 is 5.81. The number of anilines is 1. The number of aromatic nitrogens is 1. The summed E-state index contributed by atoms with van der Waals surface area (Å²) in [6.45, 7) is 15.4. The molecule has 176 valence electrons. The highest BCUT2D eigenvalue weighted by atomic mass is 35.5. The van der Waals surface area contributed by atoms with Crippen LogP contribution < -0.4 is 4.90 Å². The van der Waals surface area contributed by atoms with Crippen molar-refractivity contribution >= 4 is 35.8 Å². The Morgan fingerprint density at radius 1 is 0.839 bits per heavy atom. The molecule has 0 atom stereocenters. The first kappa shape index (κ1) is 28.5. The molecule has 0 N–H and O–H groups in total. The summed E-state index contributed by atoms with van der Waals surface area (Å²) in [7, 11) is 1.59. The Bertz CT molecular complexity index is 736. The lowest BCUT2D eigenvalue weighted by molar-refractivity contribution is -0.0294. The van der Waals surface area contributed by atoms with E-state index in [2.05, 4.69) is 9.72 Å². The number of pyridine rings is 1. The molecule has 0 aliphatic rings. The fourth-order valence-corrected chi connectivity index (χ4v) is 1.76. The van der Waals surface area contributed by atoms with Gasteiger partial charge in [0.15, 0.2) is 0 Å². The number of carbonyl (C=O) groups excluding carboxylic acids is 3. The van der Waals surface area contributed by atoms with Crippen LogP contribution in [-0.2, 0) is 18.9 Å². The summed E-state index contributed by atoms with van der Waals surface area (Å²) in [4.78, 5) is 39.1. The Hall–Kier alpha value is -2.55. The fourth-order valence-electron chi connectivity index (χ4n) is 1.61. The summed E-state index contributed by atoms with van der Waals surface area (Å²) < 4.78 is 19.0. The maximum absolute atomic E-state index is 11.7. The van der Waals surface area contributed by atoms with E-state index in [4.69, 9.17) is 25.8 Å². The van der Waals surface area contributed by atoms with E-state index in [1.54, 1.807) is 66.9 Å². The molecular formula is C21H33ClN2O7. The SMILES string of the molecule is CC(C)(C)OC(=O)OC(=O)OC(C)(C)C.CN(C(=O)OC(C)(C)C)c1cc(Cl)ccn1. The van der Waals surface area contributed by atoms with Crippen LogP contribution in [0.3, 0.4) is 0 Å². The molecule has 9 nitrogen and oxygen atoms in total. The first-order valence-electron chi connectivity index (χ1n) is 9.51. The van der Waals surface area contributed by atoms with E-state index in [0.29, 0.717) is 10.8 Å². The van der Waals surface area contributed by atoms with E-state index in [0.717, 1.165) is 0 Å². The molecule has 1 rings (SSSR count).